The number of hydrogen-bond acceptors (Lipinski definition) is 6. The molecular formula is C30H43N7O. The highest BCUT2D eigenvalue weighted by molar-refractivity contribution is 5.89. The van der Waals surface area contributed by atoms with Crippen LogP contribution in [0.2, 0.25) is 0 Å². The third kappa shape index (κ3) is 3.89. The van der Waals surface area contributed by atoms with Crippen molar-refractivity contribution in [1.29, 1.82) is 0 Å². The number of hydrogen-bond donors (Lipinski definition) is 0. The van der Waals surface area contributed by atoms with Gasteiger partial charge in [-0.2, -0.15) is 10.2 Å². The van der Waals surface area contributed by atoms with E-state index in [0.29, 0.717) is 23.2 Å². The highest BCUT2D eigenvalue weighted by Crippen LogP contribution is 2.56. The van der Waals surface area contributed by atoms with Crippen LogP contribution in [-0.2, 0) is 31.3 Å². The molecule has 5 aliphatic rings. The zero-order chi connectivity index (χ0) is 26.2. The maximum atomic E-state index is 6.06. The van der Waals surface area contributed by atoms with Crippen molar-refractivity contribution in [2.24, 2.45) is 12.5 Å². The number of ether oxygens (including phenoxy) is 1. The summed E-state index contributed by atoms with van der Waals surface area (Å²) in [5.74, 6) is 0. The maximum Gasteiger partial charge on any atom is 0.159 e. The van der Waals surface area contributed by atoms with Crippen molar-refractivity contribution in [1.82, 2.24) is 29.4 Å². The zero-order valence-electron chi connectivity index (χ0n) is 23.8. The molecule has 0 N–H and O–H groups in total. The number of aryl methyl sites for hydroxylation is 3. The fourth-order valence-corrected chi connectivity index (χ4v) is 8.32. The maximum absolute atomic E-state index is 6.06. The molecule has 0 spiro atoms. The Bertz CT molecular complexity index is 1340. The summed E-state index contributed by atoms with van der Waals surface area (Å²) < 4.78 is 10.4. The van der Waals surface area contributed by atoms with E-state index in [1.54, 1.807) is 0 Å². The number of nitrogens with zero attached hydrogens (tertiary/aromatic N) is 7. The van der Waals surface area contributed by atoms with Crippen LogP contribution in [0, 0.1) is 19.3 Å². The van der Waals surface area contributed by atoms with Crippen LogP contribution in [-0.4, -0.2) is 66.8 Å². The van der Waals surface area contributed by atoms with Crippen molar-refractivity contribution < 1.29 is 4.74 Å². The van der Waals surface area contributed by atoms with Gasteiger partial charge in [0, 0.05) is 68.7 Å². The lowest BCUT2D eigenvalue weighted by atomic mass is 9.56. The molecule has 38 heavy (non-hydrogen) atoms. The van der Waals surface area contributed by atoms with Gasteiger partial charge >= 0.3 is 0 Å². The molecule has 8 nitrogen and oxygen atoms in total. The summed E-state index contributed by atoms with van der Waals surface area (Å²) in [6.45, 7) is 14.0. The van der Waals surface area contributed by atoms with Crippen LogP contribution >= 0.6 is 0 Å². The van der Waals surface area contributed by atoms with Gasteiger partial charge in [-0.3, -0.25) is 14.3 Å². The average molecular weight is 518 g/mol. The molecule has 2 atom stereocenters. The topological polar surface area (TPSA) is 64.2 Å². The van der Waals surface area contributed by atoms with Crippen LogP contribution in [0.4, 0.5) is 5.69 Å². The van der Waals surface area contributed by atoms with Gasteiger partial charge < -0.3 is 9.64 Å². The molecule has 0 aromatic carbocycles. The minimum Gasteiger partial charge on any atom is -0.373 e. The second-order valence-corrected chi connectivity index (χ2v) is 13.0. The number of anilines is 1. The van der Waals surface area contributed by atoms with Crippen LogP contribution in [0.5, 0.6) is 0 Å². The van der Waals surface area contributed by atoms with E-state index < -0.39 is 0 Å². The molecule has 3 saturated carbocycles. The molecule has 3 aromatic heterocycles. The largest absolute Gasteiger partial charge is 0.373 e. The van der Waals surface area contributed by atoms with Gasteiger partial charge in [-0.05, 0) is 77.7 Å². The van der Waals surface area contributed by atoms with E-state index in [-0.39, 0.29) is 0 Å². The summed E-state index contributed by atoms with van der Waals surface area (Å²) in [6.07, 6.45) is 11.7. The molecule has 0 unspecified atom stereocenters. The van der Waals surface area contributed by atoms with Crippen molar-refractivity contribution in [2.75, 3.05) is 24.5 Å². The Labute approximate surface area is 226 Å². The minimum atomic E-state index is 0.352. The summed E-state index contributed by atoms with van der Waals surface area (Å²) in [5.41, 5.74) is 8.18. The lowest BCUT2D eigenvalue weighted by Crippen LogP contribution is -2.62. The Hall–Kier alpha value is -2.45. The fraction of sp³-hybridized carbons (Fsp3) is 0.700. The SMILES string of the molecule is Cc1cc(N2CCc3c(c(C)nn3CC34CCC(N5C[C@H](C)O[C@@H](C)C5)(CC3)CC4)C2)c2cnn(C)c2n1. The van der Waals surface area contributed by atoms with Crippen molar-refractivity contribution in [3.63, 3.8) is 0 Å². The molecule has 0 amide bonds. The minimum absolute atomic E-state index is 0.352. The monoisotopic (exact) mass is 517 g/mol. The van der Waals surface area contributed by atoms with E-state index in [1.165, 1.54) is 61.2 Å². The van der Waals surface area contributed by atoms with Gasteiger partial charge in [-0.1, -0.05) is 0 Å². The molecule has 0 radical (unpaired) electrons. The van der Waals surface area contributed by atoms with Crippen LogP contribution < -0.4 is 4.90 Å². The number of aromatic nitrogens is 5. The van der Waals surface area contributed by atoms with Gasteiger partial charge in [-0.25, -0.2) is 4.98 Å². The van der Waals surface area contributed by atoms with Crippen molar-refractivity contribution in [3.05, 3.63) is 34.9 Å². The van der Waals surface area contributed by atoms with E-state index >= 15 is 0 Å². The van der Waals surface area contributed by atoms with Gasteiger partial charge in [0.05, 0.1) is 35.2 Å². The van der Waals surface area contributed by atoms with Crippen LogP contribution in [0.1, 0.15) is 75.0 Å². The molecule has 5 heterocycles. The van der Waals surface area contributed by atoms with E-state index in [4.69, 9.17) is 14.8 Å². The van der Waals surface area contributed by atoms with Crippen molar-refractivity contribution in [3.8, 4) is 0 Å². The van der Waals surface area contributed by atoms with E-state index in [9.17, 15) is 0 Å². The molecule has 8 heteroatoms. The Morgan fingerprint density at radius 1 is 1.03 bits per heavy atom. The molecule has 2 aliphatic heterocycles. The van der Waals surface area contributed by atoms with Crippen LogP contribution in [0.25, 0.3) is 11.0 Å². The molecule has 3 aromatic rings. The summed E-state index contributed by atoms with van der Waals surface area (Å²) in [5, 5.41) is 10.8. The second kappa shape index (κ2) is 8.78. The smallest absolute Gasteiger partial charge is 0.159 e. The summed E-state index contributed by atoms with van der Waals surface area (Å²) >= 11 is 0. The lowest BCUT2D eigenvalue weighted by Gasteiger charge is -2.59. The molecule has 3 aliphatic carbocycles. The van der Waals surface area contributed by atoms with Gasteiger partial charge in [0.25, 0.3) is 0 Å². The normalized spacial score (nSPS) is 31.8. The van der Waals surface area contributed by atoms with Gasteiger partial charge in [-0.15, -0.1) is 0 Å². The van der Waals surface area contributed by atoms with Gasteiger partial charge in [0.1, 0.15) is 0 Å². The highest BCUT2D eigenvalue weighted by Gasteiger charge is 2.52. The van der Waals surface area contributed by atoms with E-state index in [2.05, 4.69) is 53.3 Å². The summed E-state index contributed by atoms with van der Waals surface area (Å²) in [6, 6.07) is 2.22. The molecule has 1 saturated heterocycles. The Morgan fingerprint density at radius 3 is 2.45 bits per heavy atom. The first-order chi connectivity index (χ1) is 18.2. The predicted octanol–water partition coefficient (Wildman–Crippen LogP) is 4.55. The second-order valence-electron chi connectivity index (χ2n) is 13.0. The standard InChI is InChI=1S/C30H43N7O/c1-20-14-27(24-15-31-34(5)28(24)32-20)35-13-6-26-25(18-35)23(4)33-37(26)19-29-7-10-30(11-8-29,12-9-29)36-16-21(2)38-22(3)17-36/h14-15,21-22H,6-13,16-19H2,1-5H3/t21-,22-,29?,30?/m0/s1. The fourth-order valence-electron chi connectivity index (χ4n) is 8.32. The van der Waals surface area contributed by atoms with Crippen molar-refractivity contribution in [2.45, 2.75) is 103 Å². The van der Waals surface area contributed by atoms with Crippen LogP contribution in [0.15, 0.2) is 12.3 Å². The number of morpholine rings is 1. The summed E-state index contributed by atoms with van der Waals surface area (Å²) in [7, 11) is 1.98. The average Bonchev–Trinajstić information content (AvgIpc) is 3.42. The van der Waals surface area contributed by atoms with Crippen molar-refractivity contribution >= 4 is 16.7 Å². The Morgan fingerprint density at radius 2 is 1.74 bits per heavy atom. The first-order valence-corrected chi connectivity index (χ1v) is 14.7. The number of fused-ring (bicyclic) bond motifs is 5. The lowest BCUT2D eigenvalue weighted by molar-refractivity contribution is -0.138. The summed E-state index contributed by atoms with van der Waals surface area (Å²) in [4.78, 5) is 10.1. The van der Waals surface area contributed by atoms with E-state index in [0.717, 1.165) is 55.9 Å². The molecule has 4 fully saturated rings. The number of rotatable bonds is 4. The molecular weight excluding hydrogens is 474 g/mol. The zero-order valence-corrected chi connectivity index (χ0v) is 23.8. The molecule has 8 rings (SSSR count). The molecule has 204 valence electrons. The highest BCUT2D eigenvalue weighted by atomic mass is 16.5. The third-order valence-corrected chi connectivity index (χ3v) is 10.4. The quantitative estimate of drug-likeness (QED) is 0.506. The van der Waals surface area contributed by atoms with E-state index in [1.807, 2.05) is 17.9 Å². The predicted molar refractivity (Wildman–Crippen MR) is 149 cm³/mol. The Balaban J connectivity index is 1.09. The molecule has 2 bridgehead atoms. The van der Waals surface area contributed by atoms with Gasteiger partial charge in [0.2, 0.25) is 0 Å². The first kappa shape index (κ1) is 24.6. The first-order valence-electron chi connectivity index (χ1n) is 14.7. The van der Waals surface area contributed by atoms with Crippen LogP contribution in [0.3, 0.4) is 0 Å². The Kier molecular flexibility index (Phi) is 5.68. The number of pyridine rings is 1. The van der Waals surface area contributed by atoms with Gasteiger partial charge in [0.15, 0.2) is 5.65 Å². The third-order valence-electron chi connectivity index (χ3n) is 10.4.